The van der Waals surface area contributed by atoms with Crippen molar-refractivity contribution in [3.63, 3.8) is 0 Å². The van der Waals surface area contributed by atoms with Crippen LogP contribution >= 0.6 is 11.6 Å². The number of hydrogen-bond acceptors (Lipinski definition) is 7. The highest BCUT2D eigenvalue weighted by molar-refractivity contribution is 6.31. The van der Waals surface area contributed by atoms with Gasteiger partial charge in [-0.05, 0) is 60.2 Å². The van der Waals surface area contributed by atoms with Gasteiger partial charge in [0.05, 0.1) is 31.8 Å². The van der Waals surface area contributed by atoms with Crippen LogP contribution < -0.4 is 15.0 Å². The van der Waals surface area contributed by atoms with E-state index < -0.39 is 17.8 Å². The number of halogens is 2. The zero-order valence-electron chi connectivity index (χ0n) is 21.5. The van der Waals surface area contributed by atoms with Crippen LogP contribution in [0.4, 0.5) is 20.7 Å². The molecule has 0 saturated heterocycles. The van der Waals surface area contributed by atoms with Crippen molar-refractivity contribution < 1.29 is 23.1 Å². The fourth-order valence-electron chi connectivity index (χ4n) is 3.56. The van der Waals surface area contributed by atoms with Crippen molar-refractivity contribution in [2.45, 2.75) is 6.54 Å². The van der Waals surface area contributed by atoms with Gasteiger partial charge < -0.3 is 14.5 Å². The molecular formula is C29H23ClFN5O4. The first-order chi connectivity index (χ1) is 19.3. The second-order valence-electron chi connectivity index (χ2n) is 8.38. The van der Waals surface area contributed by atoms with Crippen molar-refractivity contribution in [1.29, 1.82) is 0 Å². The molecule has 0 radical (unpaired) electrons. The molecule has 0 bridgehead atoms. The molecule has 1 N–H and O–H groups in total. The molecule has 0 aliphatic carbocycles. The smallest absolute Gasteiger partial charge is 0.334 e. The van der Waals surface area contributed by atoms with Gasteiger partial charge >= 0.3 is 6.03 Å². The van der Waals surface area contributed by atoms with E-state index >= 15 is 4.39 Å². The van der Waals surface area contributed by atoms with Gasteiger partial charge in [-0.15, -0.1) is 6.42 Å². The first-order valence-corrected chi connectivity index (χ1v) is 12.1. The van der Waals surface area contributed by atoms with Crippen LogP contribution in [0.1, 0.15) is 27.2 Å². The number of aromatic nitrogens is 1. The Kier molecular flexibility index (Phi) is 8.79. The van der Waals surface area contributed by atoms with Gasteiger partial charge in [0.2, 0.25) is 0 Å². The normalized spacial score (nSPS) is 10.7. The molecule has 0 unspecified atom stereocenters. The van der Waals surface area contributed by atoms with Crippen LogP contribution in [0.5, 0.6) is 5.75 Å². The number of ether oxygens (including phenoxy) is 1. The summed E-state index contributed by atoms with van der Waals surface area (Å²) in [7, 11) is 3.16. The third-order valence-electron chi connectivity index (χ3n) is 5.51. The second-order valence-corrected chi connectivity index (χ2v) is 8.82. The number of hydrogen-bond donors (Lipinski definition) is 1. The number of carbonyl (C=O) groups excluding carboxylic acids is 2. The van der Waals surface area contributed by atoms with Gasteiger partial charge in [-0.1, -0.05) is 23.6 Å². The largest absolute Gasteiger partial charge is 0.497 e. The van der Waals surface area contributed by atoms with Crippen LogP contribution in [0.15, 0.2) is 82.6 Å². The standard InChI is InChI=1S/C29H23ClFN5O4/c1-4-19-8-10-27(32-16-19)36(28(37)21-13-22(30)15-24(14-21)39-3)29(38)34-26-9-7-20(12-25(26)31)17-33-35(2)18-23-6-5-11-40-23/h1,5-17H,18H2,2-3H3,(H,34,38). The summed E-state index contributed by atoms with van der Waals surface area (Å²) < 4.78 is 25.5. The molecule has 11 heteroatoms. The molecule has 0 spiro atoms. The number of nitrogens with one attached hydrogen (secondary N) is 1. The minimum Gasteiger partial charge on any atom is -0.497 e. The third kappa shape index (κ3) is 6.83. The number of benzene rings is 2. The van der Waals surface area contributed by atoms with Gasteiger partial charge in [-0.2, -0.15) is 5.10 Å². The van der Waals surface area contributed by atoms with Crippen LogP contribution in [0.3, 0.4) is 0 Å². The molecule has 4 rings (SSSR count). The number of furan rings is 1. The van der Waals surface area contributed by atoms with Crippen molar-refractivity contribution in [3.05, 3.63) is 106 Å². The molecule has 3 amide bonds. The van der Waals surface area contributed by atoms with E-state index in [1.807, 2.05) is 6.07 Å². The Labute approximate surface area is 234 Å². The van der Waals surface area contributed by atoms with Crippen molar-refractivity contribution in [1.82, 2.24) is 9.99 Å². The molecule has 2 aromatic carbocycles. The average molecular weight is 560 g/mol. The first kappa shape index (κ1) is 27.9. The van der Waals surface area contributed by atoms with Crippen LogP contribution in [-0.4, -0.2) is 42.3 Å². The van der Waals surface area contributed by atoms with Gasteiger partial charge in [-0.25, -0.2) is 19.1 Å². The molecule has 2 heterocycles. The van der Waals surface area contributed by atoms with E-state index in [1.54, 1.807) is 30.5 Å². The van der Waals surface area contributed by atoms with E-state index in [2.05, 4.69) is 21.3 Å². The predicted octanol–water partition coefficient (Wildman–Crippen LogP) is 5.80. The minimum absolute atomic E-state index is 0.0378. The van der Waals surface area contributed by atoms with Gasteiger partial charge in [0, 0.05) is 29.4 Å². The van der Waals surface area contributed by atoms with Crippen molar-refractivity contribution in [3.8, 4) is 18.1 Å². The molecule has 0 saturated carbocycles. The lowest BCUT2D eigenvalue weighted by atomic mass is 10.1. The molecule has 2 aromatic heterocycles. The summed E-state index contributed by atoms with van der Waals surface area (Å²) in [5.41, 5.74) is 0.784. The number of anilines is 2. The zero-order chi connectivity index (χ0) is 28.6. The van der Waals surface area contributed by atoms with Crippen LogP contribution in [-0.2, 0) is 6.54 Å². The summed E-state index contributed by atoms with van der Waals surface area (Å²) in [4.78, 5) is 31.8. The molecule has 202 valence electrons. The van der Waals surface area contributed by atoms with E-state index in [1.165, 1.54) is 62.0 Å². The summed E-state index contributed by atoms with van der Waals surface area (Å²) in [5, 5.41) is 8.53. The maximum atomic E-state index is 15.0. The van der Waals surface area contributed by atoms with Crippen LogP contribution in [0.2, 0.25) is 5.02 Å². The SMILES string of the molecule is C#Cc1ccc(N(C(=O)Nc2ccc(C=NN(C)Cc3ccco3)cc2F)C(=O)c2cc(Cl)cc(OC)c2)nc1. The molecule has 0 atom stereocenters. The highest BCUT2D eigenvalue weighted by atomic mass is 35.5. The summed E-state index contributed by atoms with van der Waals surface area (Å²) in [6.45, 7) is 0.429. The average Bonchev–Trinajstić information content (AvgIpc) is 3.46. The third-order valence-corrected chi connectivity index (χ3v) is 5.73. The number of hydrazone groups is 1. The first-order valence-electron chi connectivity index (χ1n) is 11.8. The van der Waals surface area contributed by atoms with E-state index in [4.69, 9.17) is 27.2 Å². The van der Waals surface area contributed by atoms with Crippen LogP contribution in [0.25, 0.3) is 0 Å². The molecule has 9 nitrogen and oxygen atoms in total. The van der Waals surface area contributed by atoms with E-state index in [0.29, 0.717) is 23.4 Å². The number of urea groups is 1. The summed E-state index contributed by atoms with van der Waals surface area (Å²) in [5.74, 6) is 1.90. The maximum absolute atomic E-state index is 15.0. The lowest BCUT2D eigenvalue weighted by Gasteiger charge is -2.21. The fourth-order valence-corrected chi connectivity index (χ4v) is 3.78. The number of amides is 3. The van der Waals surface area contributed by atoms with Crippen molar-refractivity contribution in [2.24, 2.45) is 5.10 Å². The van der Waals surface area contributed by atoms with Crippen LogP contribution in [0, 0.1) is 18.2 Å². The summed E-state index contributed by atoms with van der Waals surface area (Å²) in [6.07, 6.45) is 9.77. The van der Waals surface area contributed by atoms with E-state index in [0.717, 1.165) is 10.7 Å². The molecule has 0 aliphatic heterocycles. The highest BCUT2D eigenvalue weighted by Gasteiger charge is 2.27. The number of methoxy groups -OCH3 is 1. The molecular weight excluding hydrogens is 537 g/mol. The van der Waals surface area contributed by atoms with Gasteiger partial charge in [-0.3, -0.25) is 9.80 Å². The summed E-state index contributed by atoms with van der Waals surface area (Å²) in [6, 6.07) is 14.0. The molecule has 0 aliphatic rings. The van der Waals surface area contributed by atoms with Gasteiger partial charge in [0.15, 0.2) is 0 Å². The molecule has 4 aromatic rings. The Balaban J connectivity index is 1.57. The number of carbonyl (C=O) groups is 2. The van der Waals surface area contributed by atoms with E-state index in [-0.39, 0.29) is 22.1 Å². The zero-order valence-corrected chi connectivity index (χ0v) is 22.2. The minimum atomic E-state index is -0.955. The predicted molar refractivity (Wildman–Crippen MR) is 150 cm³/mol. The molecule has 40 heavy (non-hydrogen) atoms. The fraction of sp³-hybridized carbons (Fsp3) is 0.103. The Hall–Kier alpha value is -5.14. The van der Waals surface area contributed by atoms with Crippen molar-refractivity contribution >= 4 is 41.3 Å². The Morgan fingerprint density at radius 2 is 2.05 bits per heavy atom. The number of imide groups is 1. The Bertz CT molecular complexity index is 1580. The number of nitrogens with zero attached hydrogens (tertiary/aromatic N) is 4. The lowest BCUT2D eigenvalue weighted by molar-refractivity contribution is 0.0994. The number of rotatable bonds is 8. The number of terminal acetylenes is 1. The maximum Gasteiger partial charge on any atom is 0.334 e. The Morgan fingerprint density at radius 3 is 2.70 bits per heavy atom. The second kappa shape index (κ2) is 12.6. The topological polar surface area (TPSA) is 100 Å². The van der Waals surface area contributed by atoms with Gasteiger partial charge in [0.25, 0.3) is 5.91 Å². The van der Waals surface area contributed by atoms with Gasteiger partial charge in [0.1, 0.15) is 23.1 Å². The quantitative estimate of drug-likeness (QED) is 0.166. The summed E-state index contributed by atoms with van der Waals surface area (Å²) >= 11 is 6.13. The lowest BCUT2D eigenvalue weighted by Crippen LogP contribution is -2.41. The monoisotopic (exact) mass is 559 g/mol. The van der Waals surface area contributed by atoms with E-state index in [9.17, 15) is 9.59 Å². The number of pyridine rings is 1. The highest BCUT2D eigenvalue weighted by Crippen LogP contribution is 2.25. The Morgan fingerprint density at radius 1 is 1.23 bits per heavy atom. The molecule has 0 fully saturated rings. The van der Waals surface area contributed by atoms with Crippen molar-refractivity contribution in [2.75, 3.05) is 24.4 Å².